The lowest BCUT2D eigenvalue weighted by atomic mass is 9.90. The lowest BCUT2D eigenvalue weighted by molar-refractivity contribution is 0.0892. The summed E-state index contributed by atoms with van der Waals surface area (Å²) in [6, 6.07) is 9.47. The highest BCUT2D eigenvalue weighted by molar-refractivity contribution is 5.92. The molecule has 0 saturated heterocycles. The SMILES string of the molecule is CC(C)CC(C)(CN)NC(=O)c1cnn(-c2ccccc2)n1. The van der Waals surface area contributed by atoms with Crippen LogP contribution in [0.4, 0.5) is 0 Å². The zero-order valence-electron chi connectivity index (χ0n) is 13.3. The minimum absolute atomic E-state index is 0.254. The van der Waals surface area contributed by atoms with Gasteiger partial charge in [-0.2, -0.15) is 9.90 Å². The van der Waals surface area contributed by atoms with Gasteiger partial charge in [-0.1, -0.05) is 32.0 Å². The van der Waals surface area contributed by atoms with Crippen LogP contribution in [0, 0.1) is 5.92 Å². The zero-order valence-corrected chi connectivity index (χ0v) is 13.3. The van der Waals surface area contributed by atoms with E-state index < -0.39 is 5.54 Å². The number of carbonyl (C=O) groups is 1. The van der Waals surface area contributed by atoms with Crippen LogP contribution in [0.2, 0.25) is 0 Å². The van der Waals surface area contributed by atoms with Gasteiger partial charge < -0.3 is 11.1 Å². The van der Waals surface area contributed by atoms with E-state index in [2.05, 4.69) is 29.4 Å². The summed E-state index contributed by atoms with van der Waals surface area (Å²) in [5, 5.41) is 11.3. The van der Waals surface area contributed by atoms with Gasteiger partial charge in [0.05, 0.1) is 17.4 Å². The molecule has 0 saturated carbocycles. The second-order valence-electron chi connectivity index (χ2n) is 6.17. The monoisotopic (exact) mass is 301 g/mol. The molecule has 2 aromatic rings. The fourth-order valence-electron chi connectivity index (χ4n) is 2.48. The maximum Gasteiger partial charge on any atom is 0.273 e. The quantitative estimate of drug-likeness (QED) is 0.851. The standard InChI is InChI=1S/C16H23N5O/c1-12(2)9-16(3,11-17)19-15(22)14-10-18-21(20-14)13-7-5-4-6-8-13/h4-8,10,12H,9,11,17H2,1-3H3,(H,19,22). The fourth-order valence-corrected chi connectivity index (χ4v) is 2.48. The van der Waals surface area contributed by atoms with Crippen LogP contribution < -0.4 is 11.1 Å². The van der Waals surface area contributed by atoms with Crippen molar-refractivity contribution in [2.24, 2.45) is 11.7 Å². The molecule has 1 heterocycles. The molecular weight excluding hydrogens is 278 g/mol. The highest BCUT2D eigenvalue weighted by atomic mass is 16.2. The molecule has 0 radical (unpaired) electrons. The molecule has 1 amide bonds. The van der Waals surface area contributed by atoms with E-state index in [0.717, 1.165) is 12.1 Å². The van der Waals surface area contributed by atoms with E-state index in [0.29, 0.717) is 12.5 Å². The van der Waals surface area contributed by atoms with E-state index in [1.165, 1.54) is 11.0 Å². The summed E-state index contributed by atoms with van der Waals surface area (Å²) in [6.07, 6.45) is 2.27. The number of rotatable bonds is 6. The summed E-state index contributed by atoms with van der Waals surface area (Å²) in [6.45, 7) is 6.54. The van der Waals surface area contributed by atoms with Crippen molar-refractivity contribution in [3.63, 3.8) is 0 Å². The molecule has 118 valence electrons. The van der Waals surface area contributed by atoms with Gasteiger partial charge in [0.2, 0.25) is 0 Å². The molecule has 1 unspecified atom stereocenters. The van der Waals surface area contributed by atoms with Gasteiger partial charge in [0, 0.05) is 6.54 Å². The van der Waals surface area contributed by atoms with Gasteiger partial charge in [0.15, 0.2) is 5.69 Å². The predicted octanol–water partition coefficient (Wildman–Crippen LogP) is 1.76. The van der Waals surface area contributed by atoms with Gasteiger partial charge in [0.1, 0.15) is 0 Å². The first kappa shape index (κ1) is 16.2. The van der Waals surface area contributed by atoms with Crippen molar-refractivity contribution < 1.29 is 4.79 Å². The molecule has 0 aliphatic heterocycles. The summed E-state index contributed by atoms with van der Waals surface area (Å²) >= 11 is 0. The summed E-state index contributed by atoms with van der Waals surface area (Å²) in [5.74, 6) is 0.185. The lowest BCUT2D eigenvalue weighted by Gasteiger charge is -2.30. The number of carbonyl (C=O) groups excluding carboxylic acids is 1. The topological polar surface area (TPSA) is 85.8 Å². The summed E-state index contributed by atoms with van der Waals surface area (Å²) in [5.41, 5.74) is 6.47. The highest BCUT2D eigenvalue weighted by Crippen LogP contribution is 2.16. The summed E-state index contributed by atoms with van der Waals surface area (Å²) < 4.78 is 0. The number of nitrogens with one attached hydrogen (secondary N) is 1. The average Bonchev–Trinajstić information content (AvgIpc) is 2.97. The molecule has 0 fully saturated rings. The predicted molar refractivity (Wildman–Crippen MR) is 85.7 cm³/mol. The number of nitrogens with zero attached hydrogens (tertiary/aromatic N) is 3. The Labute approximate surface area is 130 Å². The van der Waals surface area contributed by atoms with Crippen molar-refractivity contribution >= 4 is 5.91 Å². The molecule has 0 spiro atoms. The Morgan fingerprint density at radius 2 is 2.05 bits per heavy atom. The molecule has 0 bridgehead atoms. The van der Waals surface area contributed by atoms with Crippen LogP contribution in [0.5, 0.6) is 0 Å². The Balaban J connectivity index is 2.12. The van der Waals surface area contributed by atoms with Crippen molar-refractivity contribution in [3.05, 3.63) is 42.2 Å². The minimum atomic E-state index is -0.443. The number of aromatic nitrogens is 3. The average molecular weight is 301 g/mol. The minimum Gasteiger partial charge on any atom is -0.344 e. The largest absolute Gasteiger partial charge is 0.344 e. The van der Waals surface area contributed by atoms with E-state index in [-0.39, 0.29) is 11.6 Å². The van der Waals surface area contributed by atoms with E-state index in [1.807, 2.05) is 37.3 Å². The summed E-state index contributed by atoms with van der Waals surface area (Å²) in [7, 11) is 0. The number of amides is 1. The van der Waals surface area contributed by atoms with Crippen molar-refractivity contribution in [1.82, 2.24) is 20.3 Å². The Morgan fingerprint density at radius 1 is 1.36 bits per heavy atom. The van der Waals surface area contributed by atoms with Crippen molar-refractivity contribution in [3.8, 4) is 5.69 Å². The van der Waals surface area contributed by atoms with Crippen LogP contribution >= 0.6 is 0 Å². The molecule has 0 aliphatic carbocycles. The van der Waals surface area contributed by atoms with Gasteiger partial charge in [-0.15, -0.1) is 5.10 Å². The first-order valence-electron chi connectivity index (χ1n) is 7.44. The fraction of sp³-hybridized carbons (Fsp3) is 0.438. The van der Waals surface area contributed by atoms with E-state index >= 15 is 0 Å². The van der Waals surface area contributed by atoms with Crippen LogP contribution in [-0.2, 0) is 0 Å². The van der Waals surface area contributed by atoms with Gasteiger partial charge in [0.25, 0.3) is 5.91 Å². The number of benzene rings is 1. The van der Waals surface area contributed by atoms with Crippen LogP contribution in [0.25, 0.3) is 5.69 Å². The van der Waals surface area contributed by atoms with E-state index in [1.54, 1.807) is 0 Å². The normalized spacial score (nSPS) is 13.9. The van der Waals surface area contributed by atoms with Gasteiger partial charge >= 0.3 is 0 Å². The molecule has 1 atom stereocenters. The Bertz CT molecular complexity index is 622. The molecule has 0 aliphatic rings. The third-order valence-corrected chi connectivity index (χ3v) is 3.44. The maximum atomic E-state index is 12.4. The van der Waals surface area contributed by atoms with Gasteiger partial charge in [-0.05, 0) is 31.4 Å². The zero-order chi connectivity index (χ0) is 16.2. The Hall–Kier alpha value is -2.21. The Morgan fingerprint density at radius 3 is 2.64 bits per heavy atom. The number of nitrogens with two attached hydrogens (primary N) is 1. The second kappa shape index (κ2) is 6.70. The molecular formula is C16H23N5O. The second-order valence-corrected chi connectivity index (χ2v) is 6.17. The smallest absolute Gasteiger partial charge is 0.273 e. The van der Waals surface area contributed by atoms with Crippen LogP contribution in [0.15, 0.2) is 36.5 Å². The van der Waals surface area contributed by atoms with Crippen molar-refractivity contribution in [1.29, 1.82) is 0 Å². The van der Waals surface area contributed by atoms with E-state index in [9.17, 15) is 4.79 Å². The number of para-hydroxylation sites is 1. The van der Waals surface area contributed by atoms with Crippen molar-refractivity contribution in [2.45, 2.75) is 32.7 Å². The first-order chi connectivity index (χ1) is 10.4. The van der Waals surface area contributed by atoms with Crippen LogP contribution in [0.3, 0.4) is 0 Å². The number of hydrogen-bond donors (Lipinski definition) is 2. The van der Waals surface area contributed by atoms with Crippen LogP contribution in [-0.4, -0.2) is 33.0 Å². The highest BCUT2D eigenvalue weighted by Gasteiger charge is 2.27. The molecule has 3 N–H and O–H groups in total. The van der Waals surface area contributed by atoms with Crippen LogP contribution in [0.1, 0.15) is 37.7 Å². The third-order valence-electron chi connectivity index (χ3n) is 3.44. The Kier molecular flexibility index (Phi) is 4.92. The third kappa shape index (κ3) is 3.92. The molecule has 1 aromatic heterocycles. The molecule has 2 rings (SSSR count). The lowest BCUT2D eigenvalue weighted by Crippen LogP contribution is -2.52. The van der Waals surface area contributed by atoms with Gasteiger partial charge in [-0.3, -0.25) is 4.79 Å². The molecule has 1 aromatic carbocycles. The summed E-state index contributed by atoms with van der Waals surface area (Å²) in [4.78, 5) is 13.8. The van der Waals surface area contributed by atoms with Crippen molar-refractivity contribution in [2.75, 3.05) is 6.54 Å². The first-order valence-corrected chi connectivity index (χ1v) is 7.44. The molecule has 6 heteroatoms. The van der Waals surface area contributed by atoms with Gasteiger partial charge in [-0.25, -0.2) is 0 Å². The molecule has 22 heavy (non-hydrogen) atoms. The molecule has 6 nitrogen and oxygen atoms in total. The maximum absolute atomic E-state index is 12.4. The number of hydrogen-bond acceptors (Lipinski definition) is 4. The van der Waals surface area contributed by atoms with E-state index in [4.69, 9.17) is 5.73 Å².